The summed E-state index contributed by atoms with van der Waals surface area (Å²) in [6, 6.07) is 38.5. The molecule has 4 rings (SSSR count). The van der Waals surface area contributed by atoms with Crippen LogP contribution in [-0.2, 0) is 0 Å². The normalized spacial score (nSPS) is 10.4. The topological polar surface area (TPSA) is 33.0 Å². The molecule has 0 unspecified atom stereocenters. The van der Waals surface area contributed by atoms with E-state index in [0.717, 1.165) is 11.5 Å². The van der Waals surface area contributed by atoms with Crippen LogP contribution in [0.15, 0.2) is 109 Å². The average Bonchev–Trinajstić information content (AvgIpc) is 2.77. The van der Waals surface area contributed by atoms with Crippen LogP contribution in [0.2, 0.25) is 0 Å². The van der Waals surface area contributed by atoms with Crippen molar-refractivity contribution < 1.29 is 4.74 Å². The van der Waals surface area contributed by atoms with Gasteiger partial charge in [-0.2, -0.15) is 5.26 Å². The van der Waals surface area contributed by atoms with Crippen LogP contribution in [0.25, 0.3) is 0 Å². The number of hydrogen-bond donors (Lipinski definition) is 0. The second-order valence-corrected chi connectivity index (χ2v) is 6.56. The van der Waals surface area contributed by atoms with Gasteiger partial charge in [0.25, 0.3) is 0 Å². The van der Waals surface area contributed by atoms with Crippen LogP contribution in [0.4, 0.5) is 0 Å². The van der Waals surface area contributed by atoms with E-state index >= 15 is 0 Å². The minimum atomic E-state index is 0.173. The minimum Gasteiger partial charge on any atom is -0.457 e. The first-order chi connectivity index (χ1) is 13.8. The zero-order chi connectivity index (χ0) is 19.2. The third kappa shape index (κ3) is 3.95. The van der Waals surface area contributed by atoms with Gasteiger partial charge in [0.15, 0.2) is 0 Å². The van der Waals surface area contributed by atoms with E-state index in [-0.39, 0.29) is 5.92 Å². The lowest BCUT2D eigenvalue weighted by atomic mass is 9.85. The van der Waals surface area contributed by atoms with Crippen molar-refractivity contribution in [1.82, 2.24) is 0 Å². The zero-order valence-electron chi connectivity index (χ0n) is 15.3. The Bertz CT molecular complexity index is 1020. The van der Waals surface area contributed by atoms with Gasteiger partial charge >= 0.3 is 0 Å². The van der Waals surface area contributed by atoms with E-state index in [1.54, 1.807) is 12.1 Å². The lowest BCUT2D eigenvalue weighted by molar-refractivity contribution is 0.482. The quantitative estimate of drug-likeness (QED) is 0.379. The van der Waals surface area contributed by atoms with Crippen molar-refractivity contribution in [3.63, 3.8) is 0 Å². The molecule has 0 aliphatic heterocycles. The summed E-state index contributed by atoms with van der Waals surface area (Å²) in [5.74, 6) is 1.66. The maximum absolute atomic E-state index is 8.90. The van der Waals surface area contributed by atoms with Gasteiger partial charge in [0, 0.05) is 5.92 Å². The predicted molar refractivity (Wildman–Crippen MR) is 112 cm³/mol. The Morgan fingerprint density at radius 1 is 0.536 bits per heavy atom. The second-order valence-electron chi connectivity index (χ2n) is 6.56. The van der Waals surface area contributed by atoms with Crippen molar-refractivity contribution in [2.24, 2.45) is 0 Å². The van der Waals surface area contributed by atoms with Crippen LogP contribution < -0.4 is 4.74 Å². The third-order valence-electron chi connectivity index (χ3n) is 4.70. The van der Waals surface area contributed by atoms with Crippen molar-refractivity contribution in [1.29, 1.82) is 5.26 Å². The summed E-state index contributed by atoms with van der Waals surface area (Å²) in [5.41, 5.74) is 4.35. The number of rotatable bonds is 5. The molecular weight excluding hydrogens is 342 g/mol. The smallest absolute Gasteiger partial charge is 0.127 e. The summed E-state index contributed by atoms with van der Waals surface area (Å²) in [6.07, 6.45) is 0. The zero-order valence-corrected chi connectivity index (χ0v) is 15.3. The Morgan fingerprint density at radius 3 is 1.43 bits per heavy atom. The molecule has 0 aliphatic carbocycles. The molecule has 0 amide bonds. The Balaban J connectivity index is 1.62. The fourth-order valence-corrected chi connectivity index (χ4v) is 3.33. The van der Waals surface area contributed by atoms with E-state index in [9.17, 15) is 0 Å². The van der Waals surface area contributed by atoms with E-state index in [4.69, 9.17) is 10.00 Å². The Hall–Kier alpha value is -3.83. The van der Waals surface area contributed by atoms with Crippen LogP contribution >= 0.6 is 0 Å². The highest BCUT2D eigenvalue weighted by atomic mass is 16.5. The number of hydrogen-bond acceptors (Lipinski definition) is 2. The van der Waals surface area contributed by atoms with E-state index in [0.29, 0.717) is 5.56 Å². The van der Waals surface area contributed by atoms with E-state index in [1.165, 1.54) is 16.7 Å². The maximum Gasteiger partial charge on any atom is 0.127 e. The monoisotopic (exact) mass is 361 g/mol. The van der Waals surface area contributed by atoms with Crippen molar-refractivity contribution in [3.05, 3.63) is 131 Å². The second kappa shape index (κ2) is 8.24. The largest absolute Gasteiger partial charge is 0.457 e. The highest BCUT2D eigenvalue weighted by molar-refractivity contribution is 5.45. The Kier molecular flexibility index (Phi) is 5.17. The van der Waals surface area contributed by atoms with Crippen LogP contribution in [-0.4, -0.2) is 0 Å². The molecule has 4 aromatic carbocycles. The maximum atomic E-state index is 8.90. The van der Waals surface area contributed by atoms with Crippen LogP contribution in [0.1, 0.15) is 28.2 Å². The van der Waals surface area contributed by atoms with Crippen molar-refractivity contribution in [2.45, 2.75) is 5.92 Å². The van der Waals surface area contributed by atoms with Crippen molar-refractivity contribution in [2.75, 3.05) is 0 Å². The van der Waals surface area contributed by atoms with Gasteiger partial charge in [0.05, 0.1) is 11.6 Å². The Labute approximate surface area is 165 Å². The first-order valence-electron chi connectivity index (χ1n) is 9.21. The molecular formula is C26H19NO. The number of nitriles is 1. The molecule has 0 heterocycles. The highest BCUT2D eigenvalue weighted by Crippen LogP contribution is 2.33. The molecule has 0 radical (unpaired) electrons. The molecule has 0 aromatic heterocycles. The lowest BCUT2D eigenvalue weighted by Gasteiger charge is -2.19. The molecule has 2 nitrogen and oxygen atoms in total. The molecule has 0 N–H and O–H groups in total. The Morgan fingerprint density at radius 2 is 0.964 bits per heavy atom. The molecule has 0 aliphatic rings. The molecule has 0 atom stereocenters. The first-order valence-corrected chi connectivity index (χ1v) is 9.21. The molecule has 4 aromatic rings. The fourth-order valence-electron chi connectivity index (χ4n) is 3.33. The summed E-state index contributed by atoms with van der Waals surface area (Å²) in [7, 11) is 0. The molecule has 2 heteroatoms. The summed E-state index contributed by atoms with van der Waals surface area (Å²) in [5, 5.41) is 8.90. The minimum absolute atomic E-state index is 0.173. The number of nitrogens with zero attached hydrogens (tertiary/aromatic N) is 1. The summed E-state index contributed by atoms with van der Waals surface area (Å²) >= 11 is 0. The summed E-state index contributed by atoms with van der Waals surface area (Å²) in [6.45, 7) is 0. The van der Waals surface area contributed by atoms with Gasteiger partial charge in [-0.05, 0) is 53.1 Å². The van der Waals surface area contributed by atoms with E-state index in [2.05, 4.69) is 66.7 Å². The van der Waals surface area contributed by atoms with Gasteiger partial charge in [-0.25, -0.2) is 0 Å². The van der Waals surface area contributed by atoms with Gasteiger partial charge in [0.2, 0.25) is 0 Å². The molecule has 0 spiro atoms. The SMILES string of the molecule is N#Cc1ccc(Oc2ccc(C(c3ccccc3)c3ccccc3)cc2)cc1. The molecule has 0 fully saturated rings. The van der Waals surface area contributed by atoms with Gasteiger partial charge in [0.1, 0.15) is 11.5 Å². The molecule has 134 valence electrons. The molecule has 0 saturated heterocycles. The third-order valence-corrected chi connectivity index (χ3v) is 4.70. The molecule has 28 heavy (non-hydrogen) atoms. The van der Waals surface area contributed by atoms with Gasteiger partial charge in [-0.15, -0.1) is 0 Å². The van der Waals surface area contributed by atoms with Gasteiger partial charge < -0.3 is 4.74 Å². The standard InChI is InChI=1S/C26H19NO/c27-19-20-11-15-24(16-12-20)28-25-17-13-23(14-18-25)26(21-7-3-1-4-8-21)22-9-5-2-6-10-22/h1-18,26H. The fraction of sp³-hybridized carbons (Fsp3) is 0.0385. The number of benzene rings is 4. The van der Waals surface area contributed by atoms with Crippen LogP contribution in [0, 0.1) is 11.3 Å². The summed E-state index contributed by atoms with van der Waals surface area (Å²) in [4.78, 5) is 0. The van der Waals surface area contributed by atoms with Crippen molar-refractivity contribution in [3.8, 4) is 17.6 Å². The molecule has 0 saturated carbocycles. The first kappa shape index (κ1) is 17.6. The van der Waals surface area contributed by atoms with Crippen LogP contribution in [0.5, 0.6) is 11.5 Å². The number of ether oxygens (including phenoxy) is 1. The van der Waals surface area contributed by atoms with Gasteiger partial charge in [-0.3, -0.25) is 0 Å². The lowest BCUT2D eigenvalue weighted by Crippen LogP contribution is -2.03. The highest BCUT2D eigenvalue weighted by Gasteiger charge is 2.16. The summed E-state index contributed by atoms with van der Waals surface area (Å²) < 4.78 is 5.91. The molecule has 0 bridgehead atoms. The van der Waals surface area contributed by atoms with E-state index in [1.807, 2.05) is 36.4 Å². The van der Waals surface area contributed by atoms with E-state index < -0.39 is 0 Å². The average molecular weight is 361 g/mol. The van der Waals surface area contributed by atoms with Crippen molar-refractivity contribution >= 4 is 0 Å². The predicted octanol–water partition coefficient (Wildman–Crippen LogP) is 6.53. The van der Waals surface area contributed by atoms with Crippen LogP contribution in [0.3, 0.4) is 0 Å². The van der Waals surface area contributed by atoms with Gasteiger partial charge in [-0.1, -0.05) is 72.8 Å².